The molecule has 0 aromatic heterocycles. The Morgan fingerprint density at radius 2 is 1.75 bits per heavy atom. The SMILES string of the molecule is C[C@@H](OC(=O)c1ccc(Cl)c(S(N)(=O)=O)c1)C(=O)Nc1ccc(N(C)C)cc1. The van der Waals surface area contributed by atoms with Crippen LogP contribution in [-0.2, 0) is 19.6 Å². The van der Waals surface area contributed by atoms with Crippen LogP contribution >= 0.6 is 11.6 Å². The first-order chi connectivity index (χ1) is 13.0. The Balaban J connectivity index is 2.06. The summed E-state index contributed by atoms with van der Waals surface area (Å²) in [7, 11) is -0.315. The quantitative estimate of drug-likeness (QED) is 0.685. The maximum absolute atomic E-state index is 12.2. The second-order valence-electron chi connectivity index (χ2n) is 6.17. The van der Waals surface area contributed by atoms with Gasteiger partial charge in [0.25, 0.3) is 5.91 Å². The predicted molar refractivity (Wildman–Crippen MR) is 107 cm³/mol. The molecule has 2 aromatic carbocycles. The summed E-state index contributed by atoms with van der Waals surface area (Å²) in [6, 6.07) is 10.6. The van der Waals surface area contributed by atoms with Gasteiger partial charge in [-0.1, -0.05) is 11.6 Å². The fraction of sp³-hybridized carbons (Fsp3) is 0.222. The topological polar surface area (TPSA) is 119 Å². The minimum absolute atomic E-state index is 0.0941. The fourth-order valence-electron chi connectivity index (χ4n) is 2.22. The third-order valence-corrected chi connectivity index (χ3v) is 5.17. The summed E-state index contributed by atoms with van der Waals surface area (Å²) in [6.45, 7) is 1.40. The monoisotopic (exact) mass is 425 g/mol. The molecule has 0 heterocycles. The van der Waals surface area contributed by atoms with Crippen molar-refractivity contribution in [3.63, 3.8) is 0 Å². The van der Waals surface area contributed by atoms with Gasteiger partial charge >= 0.3 is 5.97 Å². The third-order valence-electron chi connectivity index (χ3n) is 3.78. The highest BCUT2D eigenvalue weighted by Crippen LogP contribution is 2.22. The molecule has 0 spiro atoms. The molecular formula is C18H20ClN3O5S. The van der Waals surface area contributed by atoms with Crippen molar-refractivity contribution in [3.8, 4) is 0 Å². The lowest BCUT2D eigenvalue weighted by molar-refractivity contribution is -0.123. The first-order valence-corrected chi connectivity index (χ1v) is 10.0. The molecule has 0 aliphatic rings. The number of amides is 1. The van der Waals surface area contributed by atoms with Gasteiger partial charge in [0.15, 0.2) is 6.10 Å². The first-order valence-electron chi connectivity index (χ1n) is 8.10. The number of anilines is 2. The minimum Gasteiger partial charge on any atom is -0.449 e. The van der Waals surface area contributed by atoms with E-state index in [1.165, 1.54) is 19.1 Å². The number of sulfonamides is 1. The number of benzene rings is 2. The van der Waals surface area contributed by atoms with E-state index in [1.807, 2.05) is 31.1 Å². The van der Waals surface area contributed by atoms with Crippen LogP contribution in [0.15, 0.2) is 47.4 Å². The van der Waals surface area contributed by atoms with Gasteiger partial charge in [0, 0.05) is 25.5 Å². The number of nitrogens with zero attached hydrogens (tertiary/aromatic N) is 1. The first kappa shape index (κ1) is 21.7. The Morgan fingerprint density at radius 1 is 1.14 bits per heavy atom. The Labute approximate surface area is 168 Å². The van der Waals surface area contributed by atoms with Gasteiger partial charge in [-0.3, -0.25) is 4.79 Å². The summed E-state index contributed by atoms with van der Waals surface area (Å²) in [5, 5.41) is 7.58. The molecule has 28 heavy (non-hydrogen) atoms. The van der Waals surface area contributed by atoms with Gasteiger partial charge in [0.1, 0.15) is 4.90 Å². The third kappa shape index (κ3) is 5.44. The van der Waals surface area contributed by atoms with Crippen LogP contribution in [0.2, 0.25) is 5.02 Å². The molecule has 1 amide bonds. The average molecular weight is 426 g/mol. The van der Waals surface area contributed by atoms with Gasteiger partial charge in [-0.25, -0.2) is 18.4 Å². The summed E-state index contributed by atoms with van der Waals surface area (Å²) in [5.74, 6) is -1.42. The number of hydrogen-bond donors (Lipinski definition) is 2. The fourth-order valence-corrected chi connectivity index (χ4v) is 3.29. The van der Waals surface area contributed by atoms with E-state index in [0.717, 1.165) is 11.8 Å². The van der Waals surface area contributed by atoms with Crippen molar-refractivity contribution in [3.05, 3.63) is 53.1 Å². The minimum atomic E-state index is -4.11. The van der Waals surface area contributed by atoms with Crippen LogP contribution in [-0.4, -0.2) is 40.5 Å². The van der Waals surface area contributed by atoms with Crippen LogP contribution in [0.4, 0.5) is 11.4 Å². The largest absolute Gasteiger partial charge is 0.449 e. The van der Waals surface area contributed by atoms with E-state index in [4.69, 9.17) is 21.5 Å². The Hall–Kier alpha value is -2.62. The molecule has 3 N–H and O–H groups in total. The molecule has 0 aliphatic heterocycles. The molecule has 8 nitrogen and oxygen atoms in total. The Bertz CT molecular complexity index is 991. The molecule has 0 saturated carbocycles. The van der Waals surface area contributed by atoms with Gasteiger partial charge in [0.2, 0.25) is 10.0 Å². The van der Waals surface area contributed by atoms with Crippen LogP contribution in [0.25, 0.3) is 0 Å². The van der Waals surface area contributed by atoms with Gasteiger partial charge in [-0.2, -0.15) is 0 Å². The van der Waals surface area contributed by atoms with E-state index in [2.05, 4.69) is 5.32 Å². The lowest BCUT2D eigenvalue weighted by Crippen LogP contribution is -2.30. The summed E-state index contributed by atoms with van der Waals surface area (Å²) in [4.78, 5) is 26.0. The predicted octanol–water partition coefficient (Wildman–Crippen LogP) is 2.24. The van der Waals surface area contributed by atoms with E-state index >= 15 is 0 Å². The van der Waals surface area contributed by atoms with Crippen LogP contribution in [0.5, 0.6) is 0 Å². The Kier molecular flexibility index (Phi) is 6.65. The number of rotatable bonds is 6. The molecule has 0 aliphatic carbocycles. The highest BCUT2D eigenvalue weighted by Gasteiger charge is 2.21. The number of primary sulfonamides is 1. The zero-order valence-corrected chi connectivity index (χ0v) is 17.0. The normalized spacial score (nSPS) is 12.2. The highest BCUT2D eigenvalue weighted by atomic mass is 35.5. The van der Waals surface area contributed by atoms with E-state index in [1.54, 1.807) is 12.1 Å². The summed E-state index contributed by atoms with van der Waals surface area (Å²) >= 11 is 5.78. The number of nitrogens with two attached hydrogens (primary N) is 1. The second kappa shape index (κ2) is 8.59. The molecule has 10 heteroatoms. The molecule has 0 bridgehead atoms. The van der Waals surface area contributed by atoms with Crippen molar-refractivity contribution < 1.29 is 22.7 Å². The number of nitrogens with one attached hydrogen (secondary N) is 1. The molecule has 1 atom stereocenters. The van der Waals surface area contributed by atoms with Crippen LogP contribution in [0.3, 0.4) is 0 Å². The van der Waals surface area contributed by atoms with Crippen molar-refractivity contribution in [2.75, 3.05) is 24.3 Å². The van der Waals surface area contributed by atoms with Gasteiger partial charge < -0.3 is 15.0 Å². The van der Waals surface area contributed by atoms with Gasteiger partial charge in [0.05, 0.1) is 10.6 Å². The second-order valence-corrected chi connectivity index (χ2v) is 8.11. The lowest BCUT2D eigenvalue weighted by atomic mass is 10.2. The smallest absolute Gasteiger partial charge is 0.338 e. The number of carbonyl (C=O) groups is 2. The lowest BCUT2D eigenvalue weighted by Gasteiger charge is -2.15. The van der Waals surface area contributed by atoms with E-state index < -0.39 is 32.9 Å². The number of esters is 1. The van der Waals surface area contributed by atoms with Crippen molar-refractivity contribution in [1.82, 2.24) is 0 Å². The number of halogens is 1. The van der Waals surface area contributed by atoms with Crippen LogP contribution in [0.1, 0.15) is 17.3 Å². The maximum Gasteiger partial charge on any atom is 0.338 e. The molecular weight excluding hydrogens is 406 g/mol. The molecule has 2 rings (SSSR count). The molecule has 150 valence electrons. The number of hydrogen-bond acceptors (Lipinski definition) is 6. The van der Waals surface area contributed by atoms with Crippen molar-refractivity contribution >= 4 is 44.9 Å². The number of carbonyl (C=O) groups excluding carboxylic acids is 2. The summed E-state index contributed by atoms with van der Waals surface area (Å²) in [5.41, 5.74) is 1.41. The van der Waals surface area contributed by atoms with Crippen LogP contribution < -0.4 is 15.4 Å². The van der Waals surface area contributed by atoms with E-state index in [9.17, 15) is 18.0 Å². The van der Waals surface area contributed by atoms with Crippen molar-refractivity contribution in [1.29, 1.82) is 0 Å². The highest BCUT2D eigenvalue weighted by molar-refractivity contribution is 7.89. The molecule has 0 unspecified atom stereocenters. The summed E-state index contributed by atoms with van der Waals surface area (Å²) < 4.78 is 28.1. The summed E-state index contributed by atoms with van der Waals surface area (Å²) in [6.07, 6.45) is -1.12. The van der Waals surface area contributed by atoms with Crippen LogP contribution in [0, 0.1) is 0 Å². The van der Waals surface area contributed by atoms with Gasteiger partial charge in [-0.15, -0.1) is 0 Å². The van der Waals surface area contributed by atoms with E-state index in [0.29, 0.717) is 5.69 Å². The van der Waals surface area contributed by atoms with Crippen molar-refractivity contribution in [2.45, 2.75) is 17.9 Å². The zero-order valence-electron chi connectivity index (χ0n) is 15.5. The standard InChI is InChI=1S/C18H20ClN3O5S/c1-11(17(23)21-13-5-7-14(8-6-13)22(2)3)27-18(24)12-4-9-15(19)16(10-12)28(20,25)26/h4-11H,1-3H3,(H,21,23)(H2,20,25,26)/t11-/m1/s1. The van der Waals surface area contributed by atoms with Gasteiger partial charge in [-0.05, 0) is 49.4 Å². The average Bonchev–Trinajstić information content (AvgIpc) is 2.61. The molecule has 2 aromatic rings. The Morgan fingerprint density at radius 3 is 2.29 bits per heavy atom. The number of ether oxygens (including phenoxy) is 1. The molecule has 0 saturated heterocycles. The van der Waals surface area contributed by atoms with Crippen molar-refractivity contribution in [2.24, 2.45) is 5.14 Å². The maximum atomic E-state index is 12.2. The zero-order chi connectivity index (χ0) is 21.1. The molecule has 0 fully saturated rings. The molecule has 0 radical (unpaired) electrons. The van der Waals surface area contributed by atoms with E-state index in [-0.39, 0.29) is 10.6 Å².